The average Bonchev–Trinajstić information content (AvgIpc) is 2.93. The number of aryl methyl sites for hydroxylation is 1. The predicted molar refractivity (Wildman–Crippen MR) is 143 cm³/mol. The van der Waals surface area contributed by atoms with E-state index in [1.165, 1.54) is 17.7 Å². The Morgan fingerprint density at radius 2 is 1.68 bits per heavy atom. The van der Waals surface area contributed by atoms with E-state index in [0.717, 1.165) is 29.2 Å². The van der Waals surface area contributed by atoms with Gasteiger partial charge in [-0.1, -0.05) is 60.7 Å². The maximum absolute atomic E-state index is 12.8. The van der Waals surface area contributed by atoms with Crippen molar-refractivity contribution in [1.29, 1.82) is 5.26 Å². The topological polar surface area (TPSA) is 105 Å². The molecule has 0 bridgehead atoms. The molecular formula is C30H25N3O4. The van der Waals surface area contributed by atoms with E-state index in [2.05, 4.69) is 5.32 Å². The van der Waals surface area contributed by atoms with Crippen molar-refractivity contribution in [3.63, 3.8) is 0 Å². The van der Waals surface area contributed by atoms with Gasteiger partial charge in [-0.05, 0) is 59.0 Å². The number of nitrogens with zero attached hydrogens (tertiary/aromatic N) is 2. The molecule has 0 aromatic heterocycles. The summed E-state index contributed by atoms with van der Waals surface area (Å²) < 4.78 is 6.05. The van der Waals surface area contributed by atoms with Gasteiger partial charge >= 0.3 is 0 Å². The zero-order valence-corrected chi connectivity index (χ0v) is 20.1. The molecule has 7 heteroatoms. The third kappa shape index (κ3) is 6.59. The molecule has 0 unspecified atom stereocenters. The van der Waals surface area contributed by atoms with Gasteiger partial charge < -0.3 is 10.1 Å². The first-order valence-electron chi connectivity index (χ1n) is 11.9. The van der Waals surface area contributed by atoms with Gasteiger partial charge in [-0.3, -0.25) is 14.9 Å². The maximum atomic E-state index is 12.8. The highest BCUT2D eigenvalue weighted by atomic mass is 16.6. The Kier molecular flexibility index (Phi) is 8.25. The quantitative estimate of drug-likeness (QED) is 0.0965. The Labute approximate surface area is 214 Å². The van der Waals surface area contributed by atoms with E-state index < -0.39 is 10.8 Å². The van der Waals surface area contributed by atoms with Crippen LogP contribution in [0, 0.1) is 21.4 Å². The number of amides is 1. The highest BCUT2D eigenvalue weighted by Crippen LogP contribution is 2.31. The largest absolute Gasteiger partial charge is 0.488 e. The van der Waals surface area contributed by atoms with Gasteiger partial charge in [0.05, 0.1) is 4.92 Å². The fourth-order valence-electron chi connectivity index (χ4n) is 3.95. The first-order valence-corrected chi connectivity index (χ1v) is 11.9. The van der Waals surface area contributed by atoms with Crippen LogP contribution in [0.4, 0.5) is 5.69 Å². The van der Waals surface area contributed by atoms with Crippen molar-refractivity contribution >= 4 is 28.4 Å². The number of hydrogen-bond donors (Lipinski definition) is 1. The minimum Gasteiger partial charge on any atom is -0.488 e. The molecule has 0 aliphatic carbocycles. The second-order valence-electron chi connectivity index (χ2n) is 8.43. The highest BCUT2D eigenvalue weighted by Gasteiger charge is 2.14. The molecule has 4 aromatic rings. The second-order valence-corrected chi connectivity index (χ2v) is 8.43. The van der Waals surface area contributed by atoms with Crippen molar-refractivity contribution < 1.29 is 14.5 Å². The lowest BCUT2D eigenvalue weighted by atomic mass is 10.0. The summed E-state index contributed by atoms with van der Waals surface area (Å²) in [4.78, 5) is 23.3. The monoisotopic (exact) mass is 491 g/mol. The van der Waals surface area contributed by atoms with Gasteiger partial charge in [0.25, 0.3) is 11.6 Å². The number of nitro groups is 1. The fourth-order valence-corrected chi connectivity index (χ4v) is 3.95. The van der Waals surface area contributed by atoms with E-state index in [1.54, 1.807) is 24.3 Å². The Balaban J connectivity index is 1.52. The van der Waals surface area contributed by atoms with E-state index >= 15 is 0 Å². The number of ether oxygens (including phenoxy) is 1. The highest BCUT2D eigenvalue weighted by molar-refractivity contribution is 6.05. The molecule has 0 saturated carbocycles. The van der Waals surface area contributed by atoms with E-state index in [-0.39, 0.29) is 17.9 Å². The molecular weight excluding hydrogens is 466 g/mol. The van der Waals surface area contributed by atoms with Gasteiger partial charge in [0.1, 0.15) is 24.0 Å². The minimum absolute atomic E-state index is 0.00604. The molecule has 0 fully saturated rings. The smallest absolute Gasteiger partial charge is 0.269 e. The molecule has 184 valence electrons. The van der Waals surface area contributed by atoms with Gasteiger partial charge in [-0.15, -0.1) is 0 Å². The number of rotatable bonds is 10. The number of carbonyl (C=O) groups is 1. The molecule has 0 radical (unpaired) electrons. The zero-order valence-electron chi connectivity index (χ0n) is 20.1. The van der Waals surface area contributed by atoms with E-state index in [9.17, 15) is 20.2 Å². The molecule has 37 heavy (non-hydrogen) atoms. The lowest BCUT2D eigenvalue weighted by Crippen LogP contribution is -2.25. The molecule has 1 amide bonds. The van der Waals surface area contributed by atoms with Crippen LogP contribution in [0.5, 0.6) is 5.75 Å². The van der Waals surface area contributed by atoms with Crippen molar-refractivity contribution in [3.8, 4) is 11.8 Å². The van der Waals surface area contributed by atoms with Crippen molar-refractivity contribution in [1.82, 2.24) is 5.32 Å². The van der Waals surface area contributed by atoms with Crippen LogP contribution in [0.25, 0.3) is 16.8 Å². The van der Waals surface area contributed by atoms with Crippen LogP contribution in [-0.2, 0) is 17.8 Å². The Morgan fingerprint density at radius 1 is 0.946 bits per heavy atom. The van der Waals surface area contributed by atoms with E-state index in [4.69, 9.17) is 4.74 Å². The van der Waals surface area contributed by atoms with Crippen LogP contribution in [0.3, 0.4) is 0 Å². The number of nitriles is 1. The first-order chi connectivity index (χ1) is 18.0. The third-order valence-corrected chi connectivity index (χ3v) is 5.90. The number of hydrogen-bond acceptors (Lipinski definition) is 5. The summed E-state index contributed by atoms with van der Waals surface area (Å²) in [5, 5.41) is 25.3. The predicted octanol–water partition coefficient (Wildman–Crippen LogP) is 5.98. The Bertz CT molecular complexity index is 1470. The minimum atomic E-state index is -0.451. The summed E-state index contributed by atoms with van der Waals surface area (Å²) in [6.45, 7) is 0.622. The molecule has 0 aliphatic heterocycles. The first kappa shape index (κ1) is 25.1. The normalized spacial score (nSPS) is 11.1. The average molecular weight is 492 g/mol. The summed E-state index contributed by atoms with van der Waals surface area (Å²) in [7, 11) is 0. The molecule has 4 aromatic carbocycles. The fraction of sp³-hybridized carbons (Fsp3) is 0.133. The molecule has 0 atom stereocenters. The van der Waals surface area contributed by atoms with Gasteiger partial charge in [0.2, 0.25) is 0 Å². The van der Waals surface area contributed by atoms with Crippen molar-refractivity contribution in [2.24, 2.45) is 0 Å². The number of fused-ring (bicyclic) bond motifs is 1. The summed E-state index contributed by atoms with van der Waals surface area (Å²) in [5.74, 6) is 0.0616. The molecule has 0 spiro atoms. The van der Waals surface area contributed by atoms with Gasteiger partial charge in [0.15, 0.2) is 0 Å². The Morgan fingerprint density at radius 3 is 2.41 bits per heavy atom. The summed E-state index contributed by atoms with van der Waals surface area (Å²) in [6.07, 6.45) is 3.14. The van der Waals surface area contributed by atoms with Crippen LogP contribution in [-0.4, -0.2) is 17.4 Å². The summed E-state index contributed by atoms with van der Waals surface area (Å²) >= 11 is 0. The zero-order chi connectivity index (χ0) is 26.0. The lowest BCUT2D eigenvalue weighted by Gasteiger charge is -2.13. The van der Waals surface area contributed by atoms with E-state index in [0.29, 0.717) is 17.9 Å². The van der Waals surface area contributed by atoms with Crippen LogP contribution >= 0.6 is 0 Å². The van der Waals surface area contributed by atoms with Crippen molar-refractivity contribution in [2.45, 2.75) is 19.4 Å². The van der Waals surface area contributed by atoms with Crippen LogP contribution in [0.15, 0.2) is 96.6 Å². The van der Waals surface area contributed by atoms with Gasteiger partial charge in [-0.2, -0.15) is 5.26 Å². The number of nitrogens with one attached hydrogen (secondary N) is 1. The molecule has 1 N–H and O–H groups in total. The van der Waals surface area contributed by atoms with Crippen molar-refractivity contribution in [2.75, 3.05) is 6.54 Å². The molecule has 4 rings (SSSR count). The molecule has 7 nitrogen and oxygen atoms in total. The van der Waals surface area contributed by atoms with Crippen LogP contribution < -0.4 is 10.1 Å². The number of nitro benzene ring substituents is 1. The number of carbonyl (C=O) groups excluding carboxylic acids is 1. The van der Waals surface area contributed by atoms with Gasteiger partial charge in [0, 0.05) is 24.2 Å². The summed E-state index contributed by atoms with van der Waals surface area (Å²) in [6, 6.07) is 29.5. The molecule has 0 heterocycles. The Hall–Kier alpha value is -4.96. The van der Waals surface area contributed by atoms with Crippen LogP contribution in [0.2, 0.25) is 0 Å². The van der Waals surface area contributed by atoms with Crippen LogP contribution in [0.1, 0.15) is 23.1 Å². The maximum Gasteiger partial charge on any atom is 0.269 e. The second kappa shape index (κ2) is 12.1. The third-order valence-electron chi connectivity index (χ3n) is 5.90. The van der Waals surface area contributed by atoms with Crippen molar-refractivity contribution in [3.05, 3.63) is 123 Å². The lowest BCUT2D eigenvalue weighted by molar-refractivity contribution is -0.384. The summed E-state index contributed by atoms with van der Waals surface area (Å²) in [5.41, 5.74) is 2.56. The SMILES string of the molecule is N#C/C(=C/c1c(OCc2ccc([N+](=O)[O-])cc2)ccc2ccccc12)C(=O)NCCCc1ccccc1. The van der Waals surface area contributed by atoms with E-state index in [1.807, 2.05) is 66.7 Å². The standard InChI is InChI=1S/C30H25N3O4/c31-20-25(30(34)32-18-6-9-22-7-2-1-3-8-22)19-28-27-11-5-4-10-24(27)14-17-29(28)37-21-23-12-15-26(16-13-23)33(35)36/h1-5,7-8,10-17,19H,6,9,18,21H2,(H,32,34)/b25-19-. The molecule has 0 aliphatic rings. The molecule has 0 saturated heterocycles. The van der Waals surface area contributed by atoms with Gasteiger partial charge in [-0.25, -0.2) is 0 Å². The number of benzene rings is 4. The number of non-ortho nitro benzene ring substituents is 1.